The molecular weight excluding hydrogens is 368 g/mol. The molecule has 0 bridgehead atoms. The standard InChI is InChI=1S/C18H16N4O4S/c1-25-14-6-4-13(5-7-14)15-11-27-18(20-15)21-19-10-12-3-8-17(26-2)16(9-12)22(23)24/h3-11H,1-2H3,(H,20,21)/b19-10-. The third-order valence-corrected chi connectivity index (χ3v) is 4.41. The molecule has 1 N–H and O–H groups in total. The van der Waals surface area contributed by atoms with Gasteiger partial charge in [-0.1, -0.05) is 0 Å². The summed E-state index contributed by atoms with van der Waals surface area (Å²) in [5.74, 6) is 0.986. The molecule has 2 aromatic carbocycles. The molecule has 0 aliphatic carbocycles. The lowest BCUT2D eigenvalue weighted by molar-refractivity contribution is -0.385. The highest BCUT2D eigenvalue weighted by atomic mass is 32.1. The maximum Gasteiger partial charge on any atom is 0.311 e. The first-order valence-corrected chi connectivity index (χ1v) is 8.70. The zero-order chi connectivity index (χ0) is 19.2. The van der Waals surface area contributed by atoms with E-state index in [9.17, 15) is 10.1 Å². The molecule has 0 fully saturated rings. The van der Waals surface area contributed by atoms with Gasteiger partial charge in [0, 0.05) is 22.6 Å². The Morgan fingerprint density at radius 2 is 1.96 bits per heavy atom. The van der Waals surface area contributed by atoms with E-state index >= 15 is 0 Å². The minimum atomic E-state index is -0.494. The molecule has 3 aromatic rings. The van der Waals surface area contributed by atoms with Gasteiger partial charge in [-0.25, -0.2) is 4.98 Å². The van der Waals surface area contributed by atoms with Gasteiger partial charge in [0.15, 0.2) is 5.75 Å². The second-order valence-electron chi connectivity index (χ2n) is 5.32. The van der Waals surface area contributed by atoms with Crippen LogP contribution in [0.1, 0.15) is 5.56 Å². The van der Waals surface area contributed by atoms with E-state index in [1.54, 1.807) is 13.2 Å². The summed E-state index contributed by atoms with van der Waals surface area (Å²) >= 11 is 1.41. The molecule has 1 heterocycles. The molecule has 1 aromatic heterocycles. The Kier molecular flexibility index (Phi) is 5.62. The molecule has 0 saturated carbocycles. The van der Waals surface area contributed by atoms with Crippen LogP contribution in [0.2, 0.25) is 0 Å². The molecule has 8 nitrogen and oxygen atoms in total. The van der Waals surface area contributed by atoms with Gasteiger partial charge < -0.3 is 9.47 Å². The molecule has 0 spiro atoms. The first-order chi connectivity index (χ1) is 13.1. The van der Waals surface area contributed by atoms with Crippen LogP contribution in [-0.4, -0.2) is 30.3 Å². The monoisotopic (exact) mass is 384 g/mol. The second-order valence-corrected chi connectivity index (χ2v) is 6.18. The number of nitro benzene ring substituents is 1. The Labute approximate surface area is 159 Å². The van der Waals surface area contributed by atoms with Crippen molar-refractivity contribution < 1.29 is 14.4 Å². The van der Waals surface area contributed by atoms with E-state index in [1.807, 2.05) is 29.6 Å². The zero-order valence-corrected chi connectivity index (χ0v) is 15.4. The van der Waals surface area contributed by atoms with E-state index in [2.05, 4.69) is 15.5 Å². The highest BCUT2D eigenvalue weighted by Crippen LogP contribution is 2.28. The van der Waals surface area contributed by atoms with Gasteiger partial charge in [-0.15, -0.1) is 11.3 Å². The maximum absolute atomic E-state index is 11.1. The molecule has 0 unspecified atom stereocenters. The SMILES string of the molecule is COc1ccc(-c2csc(N/N=C\c3ccc(OC)c([N+](=O)[O-])c3)n2)cc1. The molecule has 0 aliphatic heterocycles. The molecule has 0 aliphatic rings. The summed E-state index contributed by atoms with van der Waals surface area (Å²) in [5, 5.41) is 17.7. The Bertz CT molecular complexity index is 970. The summed E-state index contributed by atoms with van der Waals surface area (Å²) in [5.41, 5.74) is 5.08. The number of aromatic nitrogens is 1. The number of nitrogens with zero attached hydrogens (tertiary/aromatic N) is 3. The van der Waals surface area contributed by atoms with E-state index in [0.717, 1.165) is 17.0 Å². The summed E-state index contributed by atoms with van der Waals surface area (Å²) in [6, 6.07) is 12.2. The minimum absolute atomic E-state index is 0.113. The van der Waals surface area contributed by atoms with Crippen molar-refractivity contribution in [1.82, 2.24) is 4.98 Å². The highest BCUT2D eigenvalue weighted by molar-refractivity contribution is 7.14. The van der Waals surface area contributed by atoms with Gasteiger partial charge in [0.25, 0.3) is 0 Å². The second kappa shape index (κ2) is 8.28. The van der Waals surface area contributed by atoms with Crippen molar-refractivity contribution in [1.29, 1.82) is 0 Å². The lowest BCUT2D eigenvalue weighted by Gasteiger charge is -2.02. The van der Waals surface area contributed by atoms with Gasteiger partial charge in [-0.3, -0.25) is 15.5 Å². The number of hydrogen-bond acceptors (Lipinski definition) is 8. The Morgan fingerprint density at radius 1 is 1.19 bits per heavy atom. The largest absolute Gasteiger partial charge is 0.497 e. The van der Waals surface area contributed by atoms with E-state index in [0.29, 0.717) is 10.7 Å². The fraction of sp³-hybridized carbons (Fsp3) is 0.111. The van der Waals surface area contributed by atoms with Crippen LogP contribution in [0.4, 0.5) is 10.8 Å². The van der Waals surface area contributed by atoms with E-state index < -0.39 is 4.92 Å². The average Bonchev–Trinajstić information content (AvgIpc) is 3.17. The quantitative estimate of drug-likeness (QED) is 0.373. The maximum atomic E-state index is 11.1. The topological polar surface area (TPSA) is 98.9 Å². The van der Waals surface area contributed by atoms with Crippen LogP contribution >= 0.6 is 11.3 Å². The molecular formula is C18H16N4O4S. The van der Waals surface area contributed by atoms with Crippen molar-refractivity contribution in [2.45, 2.75) is 0 Å². The lowest BCUT2D eigenvalue weighted by Crippen LogP contribution is -1.96. The van der Waals surface area contributed by atoms with Crippen LogP contribution in [0.15, 0.2) is 52.9 Å². The van der Waals surface area contributed by atoms with Crippen LogP contribution in [0.25, 0.3) is 11.3 Å². The Hall–Kier alpha value is -3.46. The van der Waals surface area contributed by atoms with E-state index in [1.165, 1.54) is 36.8 Å². The zero-order valence-electron chi connectivity index (χ0n) is 14.6. The fourth-order valence-electron chi connectivity index (χ4n) is 2.31. The molecule has 0 radical (unpaired) electrons. The highest BCUT2D eigenvalue weighted by Gasteiger charge is 2.14. The van der Waals surface area contributed by atoms with Crippen LogP contribution in [0.3, 0.4) is 0 Å². The number of hydrazone groups is 1. The molecule has 0 saturated heterocycles. The van der Waals surface area contributed by atoms with Gasteiger partial charge in [-0.05, 0) is 36.4 Å². The number of nitro groups is 1. The molecule has 3 rings (SSSR count). The van der Waals surface area contributed by atoms with Crippen molar-refractivity contribution in [3.8, 4) is 22.8 Å². The number of anilines is 1. The van der Waals surface area contributed by atoms with Gasteiger partial charge in [-0.2, -0.15) is 5.10 Å². The van der Waals surface area contributed by atoms with Crippen molar-refractivity contribution in [3.05, 3.63) is 63.5 Å². The third-order valence-electron chi connectivity index (χ3n) is 3.66. The van der Waals surface area contributed by atoms with Crippen LogP contribution in [0.5, 0.6) is 11.5 Å². The Morgan fingerprint density at radius 3 is 2.63 bits per heavy atom. The summed E-state index contributed by atoms with van der Waals surface area (Å²) in [6.07, 6.45) is 1.49. The smallest absolute Gasteiger partial charge is 0.311 e. The summed E-state index contributed by atoms with van der Waals surface area (Å²) in [4.78, 5) is 15.0. The summed E-state index contributed by atoms with van der Waals surface area (Å²) in [6.45, 7) is 0. The molecule has 27 heavy (non-hydrogen) atoms. The fourth-order valence-corrected chi connectivity index (χ4v) is 2.98. The number of hydrogen-bond donors (Lipinski definition) is 1. The van der Waals surface area contributed by atoms with Gasteiger partial charge in [0.05, 0.1) is 31.1 Å². The van der Waals surface area contributed by atoms with Gasteiger partial charge in [0.2, 0.25) is 5.13 Å². The van der Waals surface area contributed by atoms with Crippen molar-refractivity contribution in [2.24, 2.45) is 5.10 Å². The number of methoxy groups -OCH3 is 2. The number of rotatable bonds is 7. The van der Waals surface area contributed by atoms with E-state index in [-0.39, 0.29) is 11.4 Å². The third kappa shape index (κ3) is 4.39. The van der Waals surface area contributed by atoms with Crippen molar-refractivity contribution >= 4 is 28.4 Å². The average molecular weight is 384 g/mol. The number of benzene rings is 2. The number of thiazole rings is 1. The van der Waals surface area contributed by atoms with Gasteiger partial charge >= 0.3 is 5.69 Å². The van der Waals surface area contributed by atoms with Gasteiger partial charge in [0.1, 0.15) is 5.75 Å². The van der Waals surface area contributed by atoms with Crippen molar-refractivity contribution in [3.63, 3.8) is 0 Å². The van der Waals surface area contributed by atoms with Crippen molar-refractivity contribution in [2.75, 3.05) is 19.6 Å². The van der Waals surface area contributed by atoms with Crippen LogP contribution < -0.4 is 14.9 Å². The lowest BCUT2D eigenvalue weighted by atomic mass is 10.2. The summed E-state index contributed by atoms with van der Waals surface area (Å²) in [7, 11) is 3.01. The molecule has 0 amide bonds. The first-order valence-electron chi connectivity index (χ1n) is 7.82. The predicted octanol–water partition coefficient (Wildman–Crippen LogP) is 4.18. The molecule has 9 heteroatoms. The van der Waals surface area contributed by atoms with Crippen LogP contribution in [0, 0.1) is 10.1 Å². The number of nitrogens with one attached hydrogen (secondary N) is 1. The first kappa shape index (κ1) is 18.3. The normalized spacial score (nSPS) is 10.7. The molecule has 138 valence electrons. The minimum Gasteiger partial charge on any atom is -0.497 e. The predicted molar refractivity (Wildman–Crippen MR) is 105 cm³/mol. The van der Waals surface area contributed by atoms with Crippen LogP contribution in [-0.2, 0) is 0 Å². The Balaban J connectivity index is 1.69. The molecule has 0 atom stereocenters. The van der Waals surface area contributed by atoms with E-state index in [4.69, 9.17) is 9.47 Å². The number of ether oxygens (including phenoxy) is 2. The summed E-state index contributed by atoms with van der Waals surface area (Å²) < 4.78 is 10.1.